The summed E-state index contributed by atoms with van der Waals surface area (Å²) >= 11 is 0. The number of hydrogen-bond acceptors (Lipinski definition) is 4. The Bertz CT molecular complexity index is 436. The molecule has 1 aromatic rings. The smallest absolute Gasteiger partial charge is 0.141 e. The maximum atomic E-state index is 8.85. The molecule has 0 amide bonds. The van der Waals surface area contributed by atoms with E-state index < -0.39 is 0 Å². The van der Waals surface area contributed by atoms with Gasteiger partial charge >= 0.3 is 0 Å². The number of nitrogens with two attached hydrogens (primary N) is 1. The molecular weight excluding hydrogens is 190 g/mol. The lowest BCUT2D eigenvalue weighted by molar-refractivity contribution is -0.00589. The minimum Gasteiger partial charge on any atom is -0.383 e. The van der Waals surface area contributed by atoms with Crippen molar-refractivity contribution in [1.29, 1.82) is 5.26 Å². The lowest BCUT2D eigenvalue weighted by atomic mass is 9.99. The van der Waals surface area contributed by atoms with Crippen LogP contribution in [0.15, 0.2) is 6.07 Å². The number of ether oxygens (including phenoxy) is 1. The van der Waals surface area contributed by atoms with Crippen molar-refractivity contribution in [2.45, 2.75) is 32.5 Å². The number of rotatable bonds is 0. The van der Waals surface area contributed by atoms with Gasteiger partial charge in [-0.3, -0.25) is 0 Å². The van der Waals surface area contributed by atoms with Gasteiger partial charge in [0.2, 0.25) is 0 Å². The van der Waals surface area contributed by atoms with E-state index in [1.54, 1.807) is 6.07 Å². The third kappa shape index (κ3) is 1.66. The van der Waals surface area contributed by atoms with E-state index >= 15 is 0 Å². The molecule has 0 saturated carbocycles. The molecule has 15 heavy (non-hydrogen) atoms. The van der Waals surface area contributed by atoms with Crippen LogP contribution in [0.25, 0.3) is 0 Å². The lowest BCUT2D eigenvalue weighted by Crippen LogP contribution is -2.23. The average Bonchev–Trinajstić information content (AvgIpc) is 2.16. The van der Waals surface area contributed by atoms with Crippen LogP contribution in [0, 0.1) is 11.3 Å². The van der Waals surface area contributed by atoms with E-state index in [-0.39, 0.29) is 12.2 Å². The zero-order valence-electron chi connectivity index (χ0n) is 8.82. The standard InChI is InChI=1S/C11H13N3O/c1-6-3-10-9(7(2)15-6)4-8(5-12)11(13)14-10/h4,6-7H,3H2,1-2H3,(H2,13,14). The minimum atomic E-state index is -0.0102. The van der Waals surface area contributed by atoms with Crippen molar-refractivity contribution in [2.24, 2.45) is 0 Å². The van der Waals surface area contributed by atoms with Crippen LogP contribution in [0.5, 0.6) is 0 Å². The van der Waals surface area contributed by atoms with E-state index in [0.717, 1.165) is 17.7 Å². The quantitative estimate of drug-likeness (QED) is 0.694. The third-order valence-corrected chi connectivity index (χ3v) is 2.64. The Balaban J connectivity index is 2.53. The summed E-state index contributed by atoms with van der Waals surface area (Å²) in [5.74, 6) is 0.317. The van der Waals surface area contributed by atoms with Crippen molar-refractivity contribution in [3.63, 3.8) is 0 Å². The fourth-order valence-corrected chi connectivity index (χ4v) is 1.93. The Kier molecular flexibility index (Phi) is 2.33. The molecule has 2 heterocycles. The monoisotopic (exact) mass is 203 g/mol. The molecule has 0 fully saturated rings. The molecule has 2 atom stereocenters. The first-order valence-electron chi connectivity index (χ1n) is 4.96. The fraction of sp³-hybridized carbons (Fsp3) is 0.455. The van der Waals surface area contributed by atoms with Crippen LogP contribution in [-0.2, 0) is 11.2 Å². The zero-order chi connectivity index (χ0) is 11.0. The maximum absolute atomic E-state index is 8.85. The Hall–Kier alpha value is -1.60. The number of pyridine rings is 1. The number of nitriles is 1. The number of anilines is 1. The van der Waals surface area contributed by atoms with Crippen molar-refractivity contribution in [1.82, 2.24) is 4.98 Å². The van der Waals surface area contributed by atoms with Gasteiger partial charge in [-0.2, -0.15) is 5.26 Å². The molecule has 0 bridgehead atoms. The summed E-state index contributed by atoms with van der Waals surface area (Å²) in [6.45, 7) is 3.98. The number of nitrogen functional groups attached to an aromatic ring is 1. The Morgan fingerprint density at radius 1 is 1.60 bits per heavy atom. The van der Waals surface area contributed by atoms with Gasteiger partial charge in [-0.05, 0) is 19.9 Å². The van der Waals surface area contributed by atoms with Gasteiger partial charge in [-0.15, -0.1) is 0 Å². The Morgan fingerprint density at radius 3 is 3.00 bits per heavy atom. The predicted octanol–water partition coefficient (Wildman–Crippen LogP) is 1.56. The molecule has 1 aliphatic rings. The van der Waals surface area contributed by atoms with E-state index in [2.05, 4.69) is 4.98 Å². The highest BCUT2D eigenvalue weighted by atomic mass is 16.5. The Morgan fingerprint density at radius 2 is 2.33 bits per heavy atom. The number of hydrogen-bond donors (Lipinski definition) is 1. The van der Waals surface area contributed by atoms with Crippen LogP contribution in [0.1, 0.15) is 36.8 Å². The average molecular weight is 203 g/mol. The van der Waals surface area contributed by atoms with Gasteiger partial charge in [0.15, 0.2) is 0 Å². The van der Waals surface area contributed by atoms with Gasteiger partial charge in [0.05, 0.1) is 23.5 Å². The number of nitrogens with zero attached hydrogens (tertiary/aromatic N) is 2. The van der Waals surface area contributed by atoms with E-state index in [1.807, 2.05) is 19.9 Å². The molecule has 0 aromatic carbocycles. The van der Waals surface area contributed by atoms with Gasteiger partial charge in [0, 0.05) is 12.0 Å². The first-order valence-corrected chi connectivity index (χ1v) is 4.96. The molecule has 2 N–H and O–H groups in total. The maximum Gasteiger partial charge on any atom is 0.141 e. The molecule has 4 nitrogen and oxygen atoms in total. The second kappa shape index (κ2) is 3.52. The molecule has 2 unspecified atom stereocenters. The van der Waals surface area contributed by atoms with E-state index in [9.17, 15) is 0 Å². The van der Waals surface area contributed by atoms with Crippen LogP contribution >= 0.6 is 0 Å². The largest absolute Gasteiger partial charge is 0.383 e. The number of aromatic nitrogens is 1. The topological polar surface area (TPSA) is 71.9 Å². The molecule has 0 saturated heterocycles. The molecule has 4 heteroatoms. The molecule has 0 radical (unpaired) electrons. The highest BCUT2D eigenvalue weighted by Crippen LogP contribution is 2.30. The summed E-state index contributed by atoms with van der Waals surface area (Å²) in [7, 11) is 0. The summed E-state index contributed by atoms with van der Waals surface area (Å²) in [4.78, 5) is 4.26. The first kappa shape index (κ1) is 9.94. The summed E-state index contributed by atoms with van der Waals surface area (Å²) < 4.78 is 5.66. The lowest BCUT2D eigenvalue weighted by Gasteiger charge is -2.27. The van der Waals surface area contributed by atoms with Crippen LogP contribution in [0.4, 0.5) is 5.82 Å². The SMILES string of the molecule is CC1Cc2nc(N)c(C#N)cc2C(C)O1. The molecule has 78 valence electrons. The van der Waals surface area contributed by atoms with Gasteiger partial charge in [-0.25, -0.2) is 4.98 Å². The van der Waals surface area contributed by atoms with Gasteiger partial charge in [-0.1, -0.05) is 0 Å². The molecule has 0 aliphatic carbocycles. The van der Waals surface area contributed by atoms with Crippen molar-refractivity contribution in [2.75, 3.05) is 5.73 Å². The zero-order valence-corrected chi connectivity index (χ0v) is 8.82. The molecule has 1 aliphatic heterocycles. The van der Waals surface area contributed by atoms with Crippen LogP contribution in [-0.4, -0.2) is 11.1 Å². The van der Waals surface area contributed by atoms with Crippen molar-refractivity contribution >= 4 is 5.82 Å². The van der Waals surface area contributed by atoms with Crippen LogP contribution in [0.2, 0.25) is 0 Å². The highest BCUT2D eigenvalue weighted by Gasteiger charge is 2.24. The second-order valence-corrected chi connectivity index (χ2v) is 3.86. The van der Waals surface area contributed by atoms with Gasteiger partial charge in [0.25, 0.3) is 0 Å². The normalized spacial score (nSPS) is 24.3. The van der Waals surface area contributed by atoms with E-state index in [1.165, 1.54) is 0 Å². The Labute approximate surface area is 88.7 Å². The highest BCUT2D eigenvalue weighted by molar-refractivity contribution is 5.51. The van der Waals surface area contributed by atoms with Crippen molar-refractivity contribution < 1.29 is 4.74 Å². The van der Waals surface area contributed by atoms with E-state index in [4.69, 9.17) is 15.7 Å². The van der Waals surface area contributed by atoms with Gasteiger partial charge in [0.1, 0.15) is 11.9 Å². The van der Waals surface area contributed by atoms with Crippen LogP contribution < -0.4 is 5.73 Å². The fourth-order valence-electron chi connectivity index (χ4n) is 1.93. The first-order chi connectivity index (χ1) is 7.11. The molecular formula is C11H13N3O. The van der Waals surface area contributed by atoms with E-state index in [0.29, 0.717) is 11.4 Å². The molecule has 1 aromatic heterocycles. The second-order valence-electron chi connectivity index (χ2n) is 3.86. The third-order valence-electron chi connectivity index (χ3n) is 2.64. The summed E-state index contributed by atoms with van der Waals surface area (Å²) in [5.41, 5.74) is 8.04. The van der Waals surface area contributed by atoms with Gasteiger partial charge < -0.3 is 10.5 Å². The van der Waals surface area contributed by atoms with Crippen molar-refractivity contribution in [3.05, 3.63) is 22.9 Å². The number of fused-ring (bicyclic) bond motifs is 1. The summed E-state index contributed by atoms with van der Waals surface area (Å²) in [5, 5.41) is 8.85. The minimum absolute atomic E-state index is 0.0102. The summed E-state index contributed by atoms with van der Waals surface area (Å²) in [6, 6.07) is 3.82. The van der Waals surface area contributed by atoms with Crippen molar-refractivity contribution in [3.8, 4) is 6.07 Å². The summed E-state index contributed by atoms with van der Waals surface area (Å²) in [6.07, 6.45) is 0.909. The molecule has 2 rings (SSSR count). The molecule has 0 spiro atoms. The van der Waals surface area contributed by atoms with Crippen LogP contribution in [0.3, 0.4) is 0 Å². The predicted molar refractivity (Wildman–Crippen MR) is 56.0 cm³/mol.